The Bertz CT molecular complexity index is 924. The van der Waals surface area contributed by atoms with Crippen molar-refractivity contribution in [2.45, 2.75) is 39.1 Å². The predicted octanol–water partition coefficient (Wildman–Crippen LogP) is 5.42. The molecule has 0 radical (unpaired) electrons. The number of nitrogens with zero attached hydrogens (tertiary/aromatic N) is 1. The fraction of sp³-hybridized carbons (Fsp3) is 0.417. The number of benzene rings is 2. The molecule has 2 amide bonds. The largest absolute Gasteiger partial charge is 0.497 e. The molecule has 1 N–H and O–H groups in total. The lowest BCUT2D eigenvalue weighted by Gasteiger charge is -2.29. The van der Waals surface area contributed by atoms with Crippen molar-refractivity contribution in [3.8, 4) is 5.75 Å². The van der Waals surface area contributed by atoms with Crippen LogP contribution in [0.25, 0.3) is 0 Å². The molecule has 0 spiro atoms. The third kappa shape index (κ3) is 8.23. The van der Waals surface area contributed by atoms with Crippen LogP contribution in [-0.2, 0) is 21.9 Å². The molecule has 2 rings (SSSR count). The molecule has 2 aromatic rings. The Kier molecular flexibility index (Phi) is 10.7. The zero-order valence-electron chi connectivity index (χ0n) is 18.9. The highest BCUT2D eigenvalue weighted by atomic mass is 35.5. The number of nitrogens with one attached hydrogen (secondary N) is 1. The van der Waals surface area contributed by atoms with E-state index in [0.717, 1.165) is 11.1 Å². The number of carbonyl (C=O) groups is 2. The van der Waals surface area contributed by atoms with E-state index in [1.54, 1.807) is 31.1 Å². The van der Waals surface area contributed by atoms with Crippen LogP contribution in [-0.4, -0.2) is 42.2 Å². The average Bonchev–Trinajstić information content (AvgIpc) is 2.77. The van der Waals surface area contributed by atoms with Gasteiger partial charge < -0.3 is 15.0 Å². The van der Waals surface area contributed by atoms with Crippen LogP contribution in [0.5, 0.6) is 5.75 Å². The molecule has 0 aromatic heterocycles. The molecule has 0 heterocycles. The maximum atomic E-state index is 13.1. The monoisotopic (exact) mass is 496 g/mol. The molecule has 0 saturated carbocycles. The second-order valence-electron chi connectivity index (χ2n) is 7.93. The van der Waals surface area contributed by atoms with Crippen LogP contribution in [0.3, 0.4) is 0 Å². The Labute approximate surface area is 204 Å². The number of hydrogen-bond donors (Lipinski definition) is 1. The van der Waals surface area contributed by atoms with E-state index >= 15 is 0 Å². The summed E-state index contributed by atoms with van der Waals surface area (Å²) in [5.41, 5.74) is 1.88. The summed E-state index contributed by atoms with van der Waals surface area (Å²) < 4.78 is 5.29. The Hall–Kier alpha value is -1.89. The van der Waals surface area contributed by atoms with Crippen molar-refractivity contribution in [3.05, 3.63) is 63.6 Å². The van der Waals surface area contributed by atoms with Gasteiger partial charge in [-0.25, -0.2) is 0 Å². The normalized spacial score (nSPS) is 11.8. The van der Waals surface area contributed by atoms with Gasteiger partial charge in [0.2, 0.25) is 11.8 Å². The lowest BCUT2D eigenvalue weighted by Crippen LogP contribution is -2.48. The van der Waals surface area contributed by atoms with E-state index in [0.29, 0.717) is 40.6 Å². The molecule has 0 fully saturated rings. The third-order valence-electron chi connectivity index (χ3n) is 4.82. The number of carbonyl (C=O) groups excluding carboxylic acids is 2. The topological polar surface area (TPSA) is 58.6 Å². The summed E-state index contributed by atoms with van der Waals surface area (Å²) in [5, 5.41) is 3.92. The molecule has 0 saturated heterocycles. The van der Waals surface area contributed by atoms with E-state index in [1.807, 2.05) is 44.2 Å². The fourth-order valence-electron chi connectivity index (χ4n) is 2.97. The third-order valence-corrected chi connectivity index (χ3v) is 6.54. The molecule has 0 bridgehead atoms. The van der Waals surface area contributed by atoms with Gasteiger partial charge >= 0.3 is 0 Å². The number of thioether (sulfide) groups is 1. The second kappa shape index (κ2) is 13.0. The van der Waals surface area contributed by atoms with Crippen molar-refractivity contribution >= 4 is 46.8 Å². The molecule has 5 nitrogen and oxygen atoms in total. The molecule has 174 valence electrons. The van der Waals surface area contributed by atoms with Crippen LogP contribution in [0.1, 0.15) is 31.9 Å². The van der Waals surface area contributed by atoms with Crippen LogP contribution in [0.4, 0.5) is 0 Å². The SMILES string of the molecule is COc1cccc(CN(C(=O)CSCc2ccc(Cl)c(Cl)c2)[C@H](C)C(=O)NCC(C)C)c1. The van der Waals surface area contributed by atoms with Gasteiger partial charge in [0.25, 0.3) is 0 Å². The first kappa shape index (κ1) is 26.4. The van der Waals surface area contributed by atoms with E-state index in [2.05, 4.69) is 5.32 Å². The van der Waals surface area contributed by atoms with Crippen LogP contribution in [0.2, 0.25) is 10.0 Å². The van der Waals surface area contributed by atoms with Crippen molar-refractivity contribution in [3.63, 3.8) is 0 Å². The molecule has 1 atom stereocenters. The average molecular weight is 497 g/mol. The van der Waals surface area contributed by atoms with Crippen LogP contribution in [0.15, 0.2) is 42.5 Å². The molecule has 32 heavy (non-hydrogen) atoms. The first-order chi connectivity index (χ1) is 15.2. The number of methoxy groups -OCH3 is 1. The minimum atomic E-state index is -0.599. The smallest absolute Gasteiger partial charge is 0.242 e. The number of ether oxygens (including phenoxy) is 1. The molecule has 0 aliphatic carbocycles. The highest BCUT2D eigenvalue weighted by Gasteiger charge is 2.26. The summed E-state index contributed by atoms with van der Waals surface area (Å²) in [5.74, 6) is 1.63. The van der Waals surface area contributed by atoms with Crippen molar-refractivity contribution in [1.29, 1.82) is 0 Å². The van der Waals surface area contributed by atoms with Gasteiger partial charge in [-0.3, -0.25) is 9.59 Å². The molecular formula is C24H30Cl2N2O3S. The first-order valence-corrected chi connectivity index (χ1v) is 12.3. The van der Waals surface area contributed by atoms with Crippen LogP contribution < -0.4 is 10.1 Å². The van der Waals surface area contributed by atoms with Gasteiger partial charge in [0.15, 0.2) is 0 Å². The van der Waals surface area contributed by atoms with E-state index in [4.69, 9.17) is 27.9 Å². The van der Waals surface area contributed by atoms with Crippen molar-refractivity contribution in [1.82, 2.24) is 10.2 Å². The van der Waals surface area contributed by atoms with Gasteiger partial charge in [-0.1, -0.05) is 55.2 Å². The summed E-state index contributed by atoms with van der Waals surface area (Å²) in [7, 11) is 1.60. The van der Waals surface area contributed by atoms with Gasteiger partial charge in [0, 0.05) is 18.8 Å². The second-order valence-corrected chi connectivity index (χ2v) is 9.73. The molecule has 8 heteroatoms. The van der Waals surface area contributed by atoms with E-state index in [9.17, 15) is 9.59 Å². The quantitative estimate of drug-likeness (QED) is 0.450. The summed E-state index contributed by atoms with van der Waals surface area (Å²) in [6, 6.07) is 12.4. The number of halogens is 2. The molecule has 2 aromatic carbocycles. The van der Waals surface area contributed by atoms with Crippen molar-refractivity contribution < 1.29 is 14.3 Å². The van der Waals surface area contributed by atoms with E-state index in [-0.39, 0.29) is 17.6 Å². The van der Waals surface area contributed by atoms with E-state index in [1.165, 1.54) is 11.8 Å². The van der Waals surface area contributed by atoms with Crippen LogP contribution in [0, 0.1) is 5.92 Å². The van der Waals surface area contributed by atoms with Gasteiger partial charge in [-0.15, -0.1) is 11.8 Å². The minimum Gasteiger partial charge on any atom is -0.497 e. The fourth-order valence-corrected chi connectivity index (χ4v) is 4.15. The Morgan fingerprint density at radius 3 is 2.47 bits per heavy atom. The Morgan fingerprint density at radius 2 is 1.81 bits per heavy atom. The minimum absolute atomic E-state index is 0.106. The van der Waals surface area contributed by atoms with Crippen molar-refractivity contribution in [2.75, 3.05) is 19.4 Å². The van der Waals surface area contributed by atoms with Gasteiger partial charge in [0.05, 0.1) is 22.9 Å². The highest BCUT2D eigenvalue weighted by Crippen LogP contribution is 2.25. The van der Waals surface area contributed by atoms with Crippen molar-refractivity contribution in [2.24, 2.45) is 5.92 Å². The molecular weight excluding hydrogens is 467 g/mol. The summed E-state index contributed by atoms with van der Waals surface area (Å²) in [4.78, 5) is 27.5. The standard InChI is InChI=1S/C24H30Cl2N2O3S/c1-16(2)12-27-24(30)17(3)28(13-18-6-5-7-20(10-18)31-4)23(29)15-32-14-19-8-9-21(25)22(26)11-19/h5-11,16-17H,12-15H2,1-4H3,(H,27,30)/t17-/m1/s1. The van der Waals surface area contributed by atoms with E-state index < -0.39 is 6.04 Å². The maximum absolute atomic E-state index is 13.1. The summed E-state index contributed by atoms with van der Waals surface area (Å²) in [6.45, 7) is 6.71. The highest BCUT2D eigenvalue weighted by molar-refractivity contribution is 7.99. The van der Waals surface area contributed by atoms with Crippen LogP contribution >= 0.6 is 35.0 Å². The number of hydrogen-bond acceptors (Lipinski definition) is 4. The Morgan fingerprint density at radius 1 is 1.06 bits per heavy atom. The lowest BCUT2D eigenvalue weighted by molar-refractivity contribution is -0.138. The zero-order valence-corrected chi connectivity index (χ0v) is 21.2. The molecule has 0 aliphatic rings. The Balaban J connectivity index is 2.09. The van der Waals surface area contributed by atoms with Gasteiger partial charge in [-0.2, -0.15) is 0 Å². The van der Waals surface area contributed by atoms with Gasteiger partial charge in [0.1, 0.15) is 11.8 Å². The first-order valence-electron chi connectivity index (χ1n) is 10.4. The maximum Gasteiger partial charge on any atom is 0.242 e. The molecule has 0 unspecified atom stereocenters. The molecule has 0 aliphatic heterocycles. The zero-order chi connectivity index (χ0) is 23.7. The summed E-state index contributed by atoms with van der Waals surface area (Å²) in [6.07, 6.45) is 0. The predicted molar refractivity (Wildman–Crippen MR) is 133 cm³/mol. The lowest BCUT2D eigenvalue weighted by atomic mass is 10.1. The number of rotatable bonds is 11. The number of amides is 2. The summed E-state index contributed by atoms with van der Waals surface area (Å²) >= 11 is 13.5. The van der Waals surface area contributed by atoms with Gasteiger partial charge in [-0.05, 0) is 48.2 Å².